The van der Waals surface area contributed by atoms with Crippen LogP contribution in [0.1, 0.15) is 66.5 Å². The zero-order chi connectivity index (χ0) is 26.2. The Hall–Kier alpha value is -1.97. The third-order valence-electron chi connectivity index (χ3n) is 9.01. The molecule has 0 radical (unpaired) electrons. The van der Waals surface area contributed by atoms with Crippen LogP contribution >= 0.6 is 34.5 Å². The fourth-order valence-corrected chi connectivity index (χ4v) is 8.81. The second-order valence-electron chi connectivity index (χ2n) is 11.3. The molecule has 2 aromatic heterocycles. The first-order valence-electron chi connectivity index (χ1n) is 13.3. The number of benzene rings is 1. The summed E-state index contributed by atoms with van der Waals surface area (Å²) in [7, 11) is 0. The van der Waals surface area contributed by atoms with Gasteiger partial charge in [-0.3, -0.25) is 4.79 Å². The summed E-state index contributed by atoms with van der Waals surface area (Å²) in [6.45, 7) is 0.390. The SMILES string of the molecule is O=C(O)Cc1csc(C2(O)C3[C@H]4CC[C@@H](CC(OCc5c(-c6c(Cl)cccc6Cl)noc5C5CC5)C4)[C@H]32)n1. The van der Waals surface area contributed by atoms with Crippen molar-refractivity contribution in [3.05, 3.63) is 55.6 Å². The second kappa shape index (κ2) is 9.30. The van der Waals surface area contributed by atoms with E-state index in [1.165, 1.54) is 11.3 Å². The van der Waals surface area contributed by atoms with Crippen molar-refractivity contribution in [2.75, 3.05) is 0 Å². The number of aliphatic hydroxyl groups is 1. The smallest absolute Gasteiger partial charge is 0.309 e. The van der Waals surface area contributed by atoms with Gasteiger partial charge in [-0.1, -0.05) is 34.4 Å². The molecular weight excluding hydrogens is 547 g/mol. The number of hydrogen-bond acceptors (Lipinski definition) is 7. The summed E-state index contributed by atoms with van der Waals surface area (Å²) in [4.78, 5) is 15.6. The number of ether oxygens (including phenoxy) is 1. The van der Waals surface area contributed by atoms with Crippen molar-refractivity contribution in [3.63, 3.8) is 0 Å². The predicted octanol–water partition coefficient (Wildman–Crippen LogP) is 6.45. The molecule has 5 aliphatic carbocycles. The molecule has 200 valence electrons. The standard InChI is InChI=1S/C28H28Cl2N2O5S/c29-19-2-1-3-20(30)22(19)25-18(26(37-32-25)13-4-5-13)11-36-17-8-14-6-7-15(9-17)24-23(14)28(24,35)27-31-16(12-38-27)10-21(33)34/h1-3,12-15,17,23-24,35H,4-11H2,(H,33,34)/t14-,15-,17?,23+,24?,28?/m0/s1. The third-order valence-corrected chi connectivity index (χ3v) is 10.7. The van der Waals surface area contributed by atoms with Crippen LogP contribution in [0, 0.1) is 23.7 Å². The fraction of sp³-hybridized carbons (Fsp3) is 0.536. The van der Waals surface area contributed by atoms with Crippen molar-refractivity contribution in [1.82, 2.24) is 10.1 Å². The van der Waals surface area contributed by atoms with Crippen LogP contribution in [-0.4, -0.2) is 32.4 Å². The molecule has 2 N–H and O–H groups in total. The molecule has 5 saturated carbocycles. The highest BCUT2D eigenvalue weighted by molar-refractivity contribution is 7.09. The number of thiazole rings is 1. The molecule has 10 heteroatoms. The van der Waals surface area contributed by atoms with E-state index in [1.54, 1.807) is 5.38 Å². The normalized spacial score (nSPS) is 31.7. The maximum atomic E-state index is 11.7. The summed E-state index contributed by atoms with van der Waals surface area (Å²) < 4.78 is 12.4. The van der Waals surface area contributed by atoms with Crippen molar-refractivity contribution in [1.29, 1.82) is 0 Å². The minimum Gasteiger partial charge on any atom is -0.481 e. The Labute approximate surface area is 234 Å². The largest absolute Gasteiger partial charge is 0.481 e. The van der Waals surface area contributed by atoms with Crippen LogP contribution in [0.25, 0.3) is 11.3 Å². The quantitative estimate of drug-likeness (QED) is 0.318. The average Bonchev–Trinajstić information content (AvgIpc) is 3.75. The van der Waals surface area contributed by atoms with E-state index in [1.807, 2.05) is 18.2 Å². The highest BCUT2D eigenvalue weighted by Crippen LogP contribution is 2.71. The Morgan fingerprint density at radius 2 is 1.82 bits per heavy atom. The molecule has 5 aliphatic rings. The number of carboxylic acid groups (broad SMARTS) is 1. The maximum Gasteiger partial charge on any atom is 0.309 e. The number of fused-ring (bicyclic) bond motifs is 3. The molecule has 2 bridgehead atoms. The van der Waals surface area contributed by atoms with Gasteiger partial charge in [0.2, 0.25) is 0 Å². The van der Waals surface area contributed by atoms with Crippen molar-refractivity contribution in [3.8, 4) is 11.3 Å². The van der Waals surface area contributed by atoms with Crippen LogP contribution in [0.2, 0.25) is 10.0 Å². The second-order valence-corrected chi connectivity index (χ2v) is 13.0. The zero-order valence-corrected chi connectivity index (χ0v) is 22.9. The van der Waals surface area contributed by atoms with Crippen LogP contribution in [0.3, 0.4) is 0 Å². The lowest BCUT2D eigenvalue weighted by Crippen LogP contribution is -2.22. The van der Waals surface area contributed by atoms with Crippen molar-refractivity contribution >= 4 is 40.5 Å². The number of aromatic nitrogens is 2. The van der Waals surface area contributed by atoms with Gasteiger partial charge >= 0.3 is 5.97 Å². The maximum absolute atomic E-state index is 11.7. The van der Waals surface area contributed by atoms with Crippen LogP contribution in [0.5, 0.6) is 0 Å². The molecule has 8 rings (SSSR count). The molecule has 6 atom stereocenters. The van der Waals surface area contributed by atoms with E-state index in [9.17, 15) is 9.90 Å². The van der Waals surface area contributed by atoms with Gasteiger partial charge in [0.05, 0.1) is 34.9 Å². The molecule has 0 saturated heterocycles. The van der Waals surface area contributed by atoms with Gasteiger partial charge in [-0.15, -0.1) is 11.3 Å². The Kier molecular flexibility index (Phi) is 6.13. The molecule has 38 heavy (non-hydrogen) atoms. The summed E-state index contributed by atoms with van der Waals surface area (Å²) in [5.74, 6) is 1.37. The van der Waals surface area contributed by atoms with Crippen LogP contribution in [0.15, 0.2) is 28.1 Å². The van der Waals surface area contributed by atoms with Gasteiger partial charge in [0.15, 0.2) is 0 Å². The number of halogens is 2. The van der Waals surface area contributed by atoms with Gasteiger partial charge in [-0.2, -0.15) is 0 Å². The Balaban J connectivity index is 1.09. The Bertz CT molecular complexity index is 1360. The molecule has 0 amide bonds. The average molecular weight is 576 g/mol. The lowest BCUT2D eigenvalue weighted by molar-refractivity contribution is -0.136. The lowest BCUT2D eigenvalue weighted by Gasteiger charge is -2.22. The molecule has 3 aromatic rings. The number of hydrogen-bond donors (Lipinski definition) is 2. The third kappa shape index (κ3) is 4.11. The zero-order valence-electron chi connectivity index (χ0n) is 20.6. The highest BCUT2D eigenvalue weighted by Gasteiger charge is 2.73. The van der Waals surface area contributed by atoms with Gasteiger partial charge in [0.25, 0.3) is 0 Å². The highest BCUT2D eigenvalue weighted by atomic mass is 35.5. The molecule has 1 aromatic carbocycles. The van der Waals surface area contributed by atoms with Crippen LogP contribution in [-0.2, 0) is 28.2 Å². The first-order chi connectivity index (χ1) is 18.3. The van der Waals surface area contributed by atoms with Gasteiger partial charge in [-0.25, -0.2) is 4.98 Å². The number of nitrogens with zero attached hydrogens (tertiary/aromatic N) is 2. The first kappa shape index (κ1) is 25.0. The van der Waals surface area contributed by atoms with Gasteiger partial charge in [0, 0.05) is 34.3 Å². The van der Waals surface area contributed by atoms with E-state index in [4.69, 9.17) is 37.6 Å². The Morgan fingerprint density at radius 3 is 2.45 bits per heavy atom. The van der Waals surface area contributed by atoms with Crippen LogP contribution < -0.4 is 0 Å². The van der Waals surface area contributed by atoms with Crippen LogP contribution in [0.4, 0.5) is 0 Å². The van der Waals surface area contributed by atoms with Crippen molar-refractivity contribution < 1.29 is 24.3 Å². The number of rotatable bonds is 8. The molecule has 3 unspecified atom stereocenters. The molecule has 0 aliphatic heterocycles. The molecule has 2 heterocycles. The van der Waals surface area contributed by atoms with Gasteiger partial charge in [0.1, 0.15) is 22.1 Å². The Morgan fingerprint density at radius 1 is 1.13 bits per heavy atom. The summed E-state index contributed by atoms with van der Waals surface area (Å²) in [5.41, 5.74) is 1.88. The predicted molar refractivity (Wildman–Crippen MR) is 142 cm³/mol. The van der Waals surface area contributed by atoms with E-state index in [2.05, 4.69) is 10.1 Å². The van der Waals surface area contributed by atoms with E-state index >= 15 is 0 Å². The van der Waals surface area contributed by atoms with E-state index in [0.29, 0.717) is 56.4 Å². The van der Waals surface area contributed by atoms with Gasteiger partial charge < -0.3 is 19.5 Å². The fourth-order valence-electron chi connectivity index (χ4n) is 7.22. The number of aliphatic carboxylic acids is 1. The minimum atomic E-state index is -0.931. The number of carbonyl (C=O) groups is 1. The summed E-state index contributed by atoms with van der Waals surface area (Å²) in [6, 6.07) is 5.43. The summed E-state index contributed by atoms with van der Waals surface area (Å²) in [6.07, 6.45) is 6.05. The van der Waals surface area contributed by atoms with Gasteiger partial charge in [-0.05, 0) is 62.5 Å². The van der Waals surface area contributed by atoms with E-state index in [-0.39, 0.29) is 24.4 Å². The van der Waals surface area contributed by atoms with E-state index in [0.717, 1.165) is 49.8 Å². The summed E-state index contributed by atoms with van der Waals surface area (Å²) in [5, 5.41) is 28.7. The number of carboxylic acids is 1. The molecular formula is C28H28Cl2N2O5S. The molecule has 0 spiro atoms. The summed E-state index contributed by atoms with van der Waals surface area (Å²) >= 11 is 14.4. The minimum absolute atomic E-state index is 0.0833. The molecule has 5 fully saturated rings. The monoisotopic (exact) mass is 574 g/mol. The van der Waals surface area contributed by atoms with Crippen molar-refractivity contribution in [2.24, 2.45) is 23.7 Å². The lowest BCUT2D eigenvalue weighted by atomic mass is 9.84. The topological polar surface area (TPSA) is 106 Å². The first-order valence-corrected chi connectivity index (χ1v) is 14.9. The van der Waals surface area contributed by atoms with Crippen molar-refractivity contribution in [2.45, 2.75) is 69.2 Å². The van der Waals surface area contributed by atoms with E-state index < -0.39 is 11.6 Å². The molecule has 7 nitrogen and oxygen atoms in total.